The van der Waals surface area contributed by atoms with Crippen LogP contribution in [0.1, 0.15) is 32.9 Å². The van der Waals surface area contributed by atoms with Gasteiger partial charge < -0.3 is 9.47 Å². The van der Waals surface area contributed by atoms with Crippen LogP contribution >= 0.6 is 0 Å². The fourth-order valence-corrected chi connectivity index (χ4v) is 1.88. The molecule has 0 saturated carbocycles. The minimum Gasteiger partial charge on any atom is -0.382 e. The van der Waals surface area contributed by atoms with E-state index >= 15 is 0 Å². The van der Waals surface area contributed by atoms with Crippen LogP contribution in [0, 0.1) is 0 Å². The van der Waals surface area contributed by atoms with Gasteiger partial charge in [-0.15, -0.1) is 0 Å². The van der Waals surface area contributed by atoms with Gasteiger partial charge in [-0.3, -0.25) is 14.1 Å². The van der Waals surface area contributed by atoms with Crippen LogP contribution in [0.25, 0.3) is 0 Å². The van der Waals surface area contributed by atoms with Crippen molar-refractivity contribution in [1.29, 1.82) is 0 Å². The predicted octanol–water partition coefficient (Wildman–Crippen LogP) is 2.35. The van der Waals surface area contributed by atoms with Crippen molar-refractivity contribution in [2.75, 3.05) is 13.7 Å². The van der Waals surface area contributed by atoms with E-state index in [1.54, 1.807) is 30.0 Å². The van der Waals surface area contributed by atoms with Gasteiger partial charge in [-0.2, -0.15) is 0 Å². The van der Waals surface area contributed by atoms with Gasteiger partial charge in [0.1, 0.15) is 6.23 Å². The second kappa shape index (κ2) is 8.83. The molecule has 0 radical (unpaired) electrons. The number of rotatable bonds is 3. The number of hydrogen-bond acceptors (Lipinski definition) is 3. The van der Waals surface area contributed by atoms with Crippen LogP contribution < -0.4 is 5.56 Å². The Morgan fingerprint density at radius 1 is 1.39 bits per heavy atom. The minimum absolute atomic E-state index is 0. The third-order valence-corrected chi connectivity index (χ3v) is 2.60. The number of methoxy groups -OCH3 is 1. The van der Waals surface area contributed by atoms with E-state index in [0.29, 0.717) is 6.61 Å². The van der Waals surface area contributed by atoms with Gasteiger partial charge in [0.2, 0.25) is 0 Å². The average Bonchev–Trinajstić information content (AvgIpc) is 2.81. The summed E-state index contributed by atoms with van der Waals surface area (Å²) in [7, 11) is 1.66. The van der Waals surface area contributed by atoms with Crippen LogP contribution in [0.2, 0.25) is 0 Å². The maximum atomic E-state index is 11.5. The molecule has 1 fully saturated rings. The summed E-state index contributed by atoms with van der Waals surface area (Å²) in [4.78, 5) is 11.5. The molecule has 5 heteroatoms. The molecule has 1 aliphatic rings. The Morgan fingerprint density at radius 3 is 2.72 bits per heavy atom. The summed E-state index contributed by atoms with van der Waals surface area (Å²) in [5, 5.41) is 0. The molecule has 0 bridgehead atoms. The summed E-state index contributed by atoms with van der Waals surface area (Å²) >= 11 is 0. The van der Waals surface area contributed by atoms with Crippen molar-refractivity contribution in [3.05, 3.63) is 34.7 Å². The second-order valence-electron chi connectivity index (χ2n) is 3.69. The summed E-state index contributed by atoms with van der Waals surface area (Å²) in [6, 6.07) is 5.13. The molecule has 2 rings (SSSR count). The van der Waals surface area contributed by atoms with Gasteiger partial charge in [-0.05, 0) is 18.9 Å². The summed E-state index contributed by atoms with van der Waals surface area (Å²) in [6.45, 7) is 4.60. The zero-order valence-corrected chi connectivity index (χ0v) is 11.2. The van der Waals surface area contributed by atoms with E-state index in [1.165, 1.54) is 0 Å². The van der Waals surface area contributed by atoms with Crippen molar-refractivity contribution >= 4 is 0 Å². The van der Waals surface area contributed by atoms with E-state index in [-0.39, 0.29) is 22.6 Å². The third kappa shape index (κ3) is 4.23. The number of pyridine rings is 1. The molecule has 1 aliphatic heterocycles. The third-order valence-electron chi connectivity index (χ3n) is 2.60. The lowest BCUT2D eigenvalue weighted by molar-refractivity contribution is -0.0329. The van der Waals surface area contributed by atoms with Crippen molar-refractivity contribution in [3.63, 3.8) is 0 Å². The minimum atomic E-state index is -0.126. The van der Waals surface area contributed by atoms with E-state index in [0.717, 1.165) is 12.8 Å². The summed E-state index contributed by atoms with van der Waals surface area (Å²) < 4.78 is 12.4. The van der Waals surface area contributed by atoms with Gasteiger partial charge in [-0.25, -0.2) is 0 Å². The van der Waals surface area contributed by atoms with Gasteiger partial charge in [0.15, 0.2) is 0 Å². The molecular weight excluding hydrogens is 237 g/mol. The highest BCUT2D eigenvalue weighted by Crippen LogP contribution is 2.26. The zero-order chi connectivity index (χ0) is 12.7. The van der Waals surface area contributed by atoms with Gasteiger partial charge in [0.25, 0.3) is 5.56 Å². The first-order valence-corrected chi connectivity index (χ1v) is 6.13. The zero-order valence-electron chi connectivity index (χ0n) is 11.2. The van der Waals surface area contributed by atoms with E-state index in [2.05, 4.69) is 0 Å². The molecule has 0 aliphatic carbocycles. The maximum Gasteiger partial charge on any atom is 0.252 e. The van der Waals surface area contributed by atoms with E-state index in [9.17, 15) is 4.79 Å². The molecule has 104 valence electrons. The topological polar surface area (TPSA) is 40.5 Å². The van der Waals surface area contributed by atoms with Crippen molar-refractivity contribution in [2.45, 2.75) is 39.0 Å². The molecule has 0 N–H and O–H groups in total. The average molecular weight is 259 g/mol. The molecule has 0 spiro atoms. The first-order chi connectivity index (χ1) is 8.31. The molecule has 1 aromatic rings. The van der Waals surface area contributed by atoms with Crippen molar-refractivity contribution < 1.29 is 14.2 Å². The van der Waals surface area contributed by atoms with Gasteiger partial charge >= 0.3 is 0 Å². The standard InChI is InChI=1S/C11H15NO3.C2H6.FH/c1-14-8-9-5-6-11(15-9)12-7-3-2-4-10(12)13;1-2;/h2-4,7,9,11H,5-6,8H2,1H3;1-2H3;1H/t9-,11+;;/m0../s1. The monoisotopic (exact) mass is 259 g/mol. The molecule has 0 unspecified atom stereocenters. The normalized spacial score (nSPS) is 21.7. The highest BCUT2D eigenvalue weighted by molar-refractivity contribution is 4.94. The van der Waals surface area contributed by atoms with Gasteiger partial charge in [0.05, 0.1) is 12.7 Å². The number of ether oxygens (including phenoxy) is 2. The lowest BCUT2D eigenvalue weighted by Gasteiger charge is -2.15. The molecule has 2 heterocycles. The van der Waals surface area contributed by atoms with Crippen LogP contribution in [-0.4, -0.2) is 24.4 Å². The largest absolute Gasteiger partial charge is 0.382 e. The Labute approximate surface area is 107 Å². The van der Waals surface area contributed by atoms with E-state index < -0.39 is 0 Å². The summed E-state index contributed by atoms with van der Waals surface area (Å²) in [5.74, 6) is 0. The quantitative estimate of drug-likeness (QED) is 0.836. The van der Waals surface area contributed by atoms with Crippen LogP contribution in [-0.2, 0) is 9.47 Å². The van der Waals surface area contributed by atoms with Crippen LogP contribution in [0.3, 0.4) is 0 Å². The summed E-state index contributed by atoms with van der Waals surface area (Å²) in [5.41, 5.74) is -0.0134. The lowest BCUT2D eigenvalue weighted by atomic mass is 10.2. The first-order valence-electron chi connectivity index (χ1n) is 6.13. The fourth-order valence-electron chi connectivity index (χ4n) is 1.88. The van der Waals surface area contributed by atoms with Crippen LogP contribution in [0.4, 0.5) is 4.70 Å². The Bertz CT molecular complexity index is 380. The second-order valence-corrected chi connectivity index (χ2v) is 3.69. The van der Waals surface area contributed by atoms with Crippen LogP contribution in [0.15, 0.2) is 29.2 Å². The SMILES string of the molecule is CC.COC[C@@H]1CC[C@H](n2ccccc2=O)O1.F. The molecule has 18 heavy (non-hydrogen) atoms. The summed E-state index contributed by atoms with van der Waals surface area (Å²) in [6.07, 6.45) is 3.57. The molecule has 1 aromatic heterocycles. The number of hydrogen-bond donors (Lipinski definition) is 0. The van der Waals surface area contributed by atoms with Gasteiger partial charge in [0, 0.05) is 19.4 Å². The first kappa shape index (κ1) is 16.8. The highest BCUT2D eigenvalue weighted by atomic mass is 19.0. The smallest absolute Gasteiger partial charge is 0.252 e. The predicted molar refractivity (Wildman–Crippen MR) is 69.6 cm³/mol. The lowest BCUT2D eigenvalue weighted by Crippen LogP contribution is -2.24. The van der Waals surface area contributed by atoms with Crippen molar-refractivity contribution in [3.8, 4) is 0 Å². The molecule has 2 atom stereocenters. The van der Waals surface area contributed by atoms with Crippen LogP contribution in [0.5, 0.6) is 0 Å². The Balaban J connectivity index is 0.000000917. The number of aromatic nitrogens is 1. The molecule has 4 nitrogen and oxygen atoms in total. The molecular formula is C13H22FNO3. The molecule has 0 aromatic carbocycles. The molecule has 1 saturated heterocycles. The Kier molecular flexibility index (Phi) is 8.24. The Hall–Kier alpha value is -1.20. The van der Waals surface area contributed by atoms with Gasteiger partial charge in [-0.1, -0.05) is 19.9 Å². The van der Waals surface area contributed by atoms with E-state index in [1.807, 2.05) is 19.9 Å². The molecule has 0 amide bonds. The van der Waals surface area contributed by atoms with Crippen molar-refractivity contribution in [1.82, 2.24) is 4.57 Å². The fraction of sp³-hybridized carbons (Fsp3) is 0.615. The number of halogens is 1. The van der Waals surface area contributed by atoms with Crippen molar-refractivity contribution in [2.24, 2.45) is 0 Å². The number of nitrogens with zero attached hydrogens (tertiary/aromatic N) is 1. The Morgan fingerprint density at radius 2 is 2.11 bits per heavy atom. The van der Waals surface area contributed by atoms with E-state index in [4.69, 9.17) is 9.47 Å². The highest BCUT2D eigenvalue weighted by Gasteiger charge is 2.26. The maximum absolute atomic E-state index is 11.5.